The van der Waals surface area contributed by atoms with E-state index in [-0.39, 0.29) is 18.0 Å². The van der Waals surface area contributed by atoms with Crippen molar-refractivity contribution in [3.63, 3.8) is 0 Å². The first-order valence-corrected chi connectivity index (χ1v) is 6.49. The van der Waals surface area contributed by atoms with Crippen LogP contribution >= 0.6 is 0 Å². The fourth-order valence-corrected chi connectivity index (χ4v) is 2.28. The largest absolute Gasteiger partial charge is 0.341 e. The van der Waals surface area contributed by atoms with Crippen molar-refractivity contribution in [3.05, 3.63) is 24.3 Å². The van der Waals surface area contributed by atoms with E-state index in [1.807, 2.05) is 18.7 Å². The molecule has 0 bridgehead atoms. The lowest BCUT2D eigenvalue weighted by Gasteiger charge is -2.23. The van der Waals surface area contributed by atoms with Crippen molar-refractivity contribution in [1.29, 1.82) is 0 Å². The molecule has 18 heavy (non-hydrogen) atoms. The predicted octanol–water partition coefficient (Wildman–Crippen LogP) is 1.14. The van der Waals surface area contributed by atoms with Gasteiger partial charge in [-0.15, -0.1) is 0 Å². The van der Waals surface area contributed by atoms with Gasteiger partial charge in [0.15, 0.2) is 0 Å². The summed E-state index contributed by atoms with van der Waals surface area (Å²) in [6, 6.07) is -0.152. The first-order valence-electron chi connectivity index (χ1n) is 6.49. The van der Waals surface area contributed by atoms with Gasteiger partial charge >= 0.3 is 0 Å². The van der Waals surface area contributed by atoms with Crippen LogP contribution in [0.5, 0.6) is 0 Å². The summed E-state index contributed by atoms with van der Waals surface area (Å²) in [5.74, 6) is 0.184. The summed E-state index contributed by atoms with van der Waals surface area (Å²) in [5.41, 5.74) is 0.860. The molecular weight excluding hydrogens is 228 g/mol. The molecule has 1 aromatic heterocycles. The maximum absolute atomic E-state index is 12.1. The SMILES string of the molecule is CC(NC(C)c1cnccn1)C(=O)N1CCCC1. The van der Waals surface area contributed by atoms with Gasteiger partial charge in [0.05, 0.1) is 11.7 Å². The van der Waals surface area contributed by atoms with Crippen LogP contribution < -0.4 is 5.32 Å². The third kappa shape index (κ3) is 3.04. The van der Waals surface area contributed by atoms with E-state index >= 15 is 0 Å². The van der Waals surface area contributed by atoms with Crippen LogP contribution in [0.1, 0.15) is 38.4 Å². The molecule has 5 nitrogen and oxygen atoms in total. The van der Waals surface area contributed by atoms with Crippen LogP contribution in [0.4, 0.5) is 0 Å². The van der Waals surface area contributed by atoms with Crippen LogP contribution in [-0.2, 0) is 4.79 Å². The molecule has 0 aromatic carbocycles. The Balaban J connectivity index is 1.90. The predicted molar refractivity (Wildman–Crippen MR) is 68.9 cm³/mol. The van der Waals surface area contributed by atoms with Crippen molar-refractivity contribution >= 4 is 5.91 Å². The van der Waals surface area contributed by atoms with Crippen molar-refractivity contribution in [1.82, 2.24) is 20.2 Å². The maximum atomic E-state index is 12.1. The van der Waals surface area contributed by atoms with Gasteiger partial charge in [0.2, 0.25) is 5.91 Å². The highest BCUT2D eigenvalue weighted by Crippen LogP contribution is 2.12. The number of carbonyl (C=O) groups is 1. The van der Waals surface area contributed by atoms with Gasteiger partial charge in [-0.25, -0.2) is 0 Å². The van der Waals surface area contributed by atoms with E-state index in [1.54, 1.807) is 18.6 Å². The van der Waals surface area contributed by atoms with E-state index in [0.717, 1.165) is 31.6 Å². The summed E-state index contributed by atoms with van der Waals surface area (Å²) in [7, 11) is 0. The second-order valence-corrected chi connectivity index (χ2v) is 4.77. The molecule has 98 valence electrons. The number of hydrogen-bond donors (Lipinski definition) is 1. The van der Waals surface area contributed by atoms with Crippen molar-refractivity contribution in [3.8, 4) is 0 Å². The van der Waals surface area contributed by atoms with Crippen LogP contribution in [-0.4, -0.2) is 39.9 Å². The molecule has 1 aliphatic rings. The molecule has 2 heterocycles. The van der Waals surface area contributed by atoms with Gasteiger partial charge in [0.1, 0.15) is 0 Å². The summed E-state index contributed by atoms with van der Waals surface area (Å²) in [4.78, 5) is 22.3. The average Bonchev–Trinajstić information content (AvgIpc) is 2.92. The van der Waals surface area contributed by atoms with Crippen molar-refractivity contribution < 1.29 is 4.79 Å². The minimum Gasteiger partial charge on any atom is -0.341 e. The summed E-state index contributed by atoms with van der Waals surface area (Å²) >= 11 is 0. The highest BCUT2D eigenvalue weighted by Gasteiger charge is 2.24. The van der Waals surface area contributed by atoms with Gasteiger partial charge in [0, 0.05) is 37.7 Å². The summed E-state index contributed by atoms with van der Waals surface area (Å²) in [6.07, 6.45) is 7.29. The first-order chi connectivity index (χ1) is 8.68. The van der Waals surface area contributed by atoms with Crippen LogP contribution in [0.2, 0.25) is 0 Å². The monoisotopic (exact) mass is 248 g/mol. The molecule has 0 spiro atoms. The maximum Gasteiger partial charge on any atom is 0.239 e. The molecule has 2 rings (SSSR count). The Kier molecular flexibility index (Phi) is 4.25. The third-order valence-electron chi connectivity index (χ3n) is 3.31. The van der Waals surface area contributed by atoms with E-state index in [4.69, 9.17) is 0 Å². The lowest BCUT2D eigenvalue weighted by Crippen LogP contribution is -2.44. The second kappa shape index (κ2) is 5.91. The van der Waals surface area contributed by atoms with E-state index in [1.165, 1.54) is 0 Å². The third-order valence-corrected chi connectivity index (χ3v) is 3.31. The number of rotatable bonds is 4. The number of likely N-dealkylation sites (tertiary alicyclic amines) is 1. The van der Waals surface area contributed by atoms with Crippen LogP contribution in [0.3, 0.4) is 0 Å². The summed E-state index contributed by atoms with van der Waals surface area (Å²) in [5, 5.41) is 3.28. The molecule has 5 heteroatoms. The molecule has 1 N–H and O–H groups in total. The van der Waals surface area contributed by atoms with Crippen molar-refractivity contribution in [2.45, 2.75) is 38.8 Å². The lowest BCUT2D eigenvalue weighted by atomic mass is 10.2. The Morgan fingerprint density at radius 2 is 2.06 bits per heavy atom. The van der Waals surface area contributed by atoms with E-state index in [0.29, 0.717) is 0 Å². The fourth-order valence-electron chi connectivity index (χ4n) is 2.28. The Morgan fingerprint density at radius 1 is 1.33 bits per heavy atom. The Hall–Kier alpha value is -1.49. The van der Waals surface area contributed by atoms with Crippen molar-refractivity contribution in [2.75, 3.05) is 13.1 Å². The highest BCUT2D eigenvalue weighted by molar-refractivity contribution is 5.81. The molecule has 0 saturated carbocycles. The molecule has 2 unspecified atom stereocenters. The quantitative estimate of drug-likeness (QED) is 0.868. The molecule has 1 aromatic rings. The molecule has 0 radical (unpaired) electrons. The molecule has 1 saturated heterocycles. The van der Waals surface area contributed by atoms with E-state index < -0.39 is 0 Å². The normalized spacial score (nSPS) is 18.7. The fraction of sp³-hybridized carbons (Fsp3) is 0.615. The van der Waals surface area contributed by atoms with Crippen LogP contribution in [0.15, 0.2) is 18.6 Å². The van der Waals surface area contributed by atoms with Gasteiger partial charge in [-0.1, -0.05) is 0 Å². The summed E-state index contributed by atoms with van der Waals surface area (Å²) in [6.45, 7) is 5.69. The zero-order valence-corrected chi connectivity index (χ0v) is 11.0. The standard InChI is InChI=1S/C13H20N4O/c1-10(12-9-14-5-6-15-12)16-11(2)13(18)17-7-3-4-8-17/h5-6,9-11,16H,3-4,7-8H2,1-2H3. The van der Waals surface area contributed by atoms with Gasteiger partial charge in [0.25, 0.3) is 0 Å². The van der Waals surface area contributed by atoms with Crippen molar-refractivity contribution in [2.24, 2.45) is 0 Å². The molecule has 1 aliphatic heterocycles. The summed E-state index contributed by atoms with van der Waals surface area (Å²) < 4.78 is 0. The number of nitrogens with one attached hydrogen (secondary N) is 1. The smallest absolute Gasteiger partial charge is 0.239 e. The van der Waals surface area contributed by atoms with Crippen LogP contribution in [0.25, 0.3) is 0 Å². The number of aromatic nitrogens is 2. The zero-order valence-electron chi connectivity index (χ0n) is 11.0. The Morgan fingerprint density at radius 3 is 2.67 bits per heavy atom. The zero-order chi connectivity index (χ0) is 13.0. The molecule has 2 atom stereocenters. The minimum atomic E-state index is -0.180. The average molecular weight is 248 g/mol. The molecule has 0 aliphatic carbocycles. The molecule has 1 amide bonds. The van der Waals surface area contributed by atoms with Gasteiger partial charge < -0.3 is 4.90 Å². The first kappa shape index (κ1) is 13.0. The lowest BCUT2D eigenvalue weighted by molar-refractivity contribution is -0.132. The molecular formula is C13H20N4O. The number of hydrogen-bond acceptors (Lipinski definition) is 4. The number of carbonyl (C=O) groups excluding carboxylic acids is 1. The molecule has 1 fully saturated rings. The topological polar surface area (TPSA) is 58.1 Å². The number of nitrogens with zero attached hydrogens (tertiary/aromatic N) is 3. The van der Waals surface area contributed by atoms with Crippen LogP contribution in [0, 0.1) is 0 Å². The minimum absolute atomic E-state index is 0.0280. The Labute approximate surface area is 108 Å². The van der Waals surface area contributed by atoms with E-state index in [9.17, 15) is 4.79 Å². The Bertz CT molecular complexity index is 389. The second-order valence-electron chi connectivity index (χ2n) is 4.77. The van der Waals surface area contributed by atoms with Gasteiger partial charge in [-0.3, -0.25) is 20.1 Å². The van der Waals surface area contributed by atoms with E-state index in [2.05, 4.69) is 15.3 Å². The van der Waals surface area contributed by atoms with Gasteiger partial charge in [-0.05, 0) is 26.7 Å². The highest BCUT2D eigenvalue weighted by atomic mass is 16.2. The van der Waals surface area contributed by atoms with Gasteiger partial charge in [-0.2, -0.15) is 0 Å². The number of amides is 1.